The molecule has 7 heteroatoms. The Morgan fingerprint density at radius 1 is 1.30 bits per heavy atom. The van der Waals surface area contributed by atoms with Gasteiger partial charge in [0.05, 0.1) is 19.1 Å². The lowest BCUT2D eigenvalue weighted by Crippen LogP contribution is -2.24. The number of carboxylic acid groups (broad SMARTS) is 1. The molecule has 20 heavy (non-hydrogen) atoms. The highest BCUT2D eigenvalue weighted by Crippen LogP contribution is 2.44. The van der Waals surface area contributed by atoms with Gasteiger partial charge in [-0.25, -0.2) is 0 Å². The van der Waals surface area contributed by atoms with Crippen molar-refractivity contribution in [2.45, 2.75) is 31.9 Å². The Hall–Kier alpha value is -1.24. The molecular weight excluding hydrogens is 341 g/mol. The Kier molecular flexibility index (Phi) is 4.74. The van der Waals surface area contributed by atoms with Crippen molar-refractivity contribution in [1.82, 2.24) is 0 Å². The van der Waals surface area contributed by atoms with E-state index >= 15 is 0 Å². The molecule has 0 aliphatic carbocycles. The Morgan fingerprint density at radius 2 is 1.80 bits per heavy atom. The number of carbonyl (C=O) groups is 1. The molecule has 0 amide bonds. The van der Waals surface area contributed by atoms with Crippen LogP contribution in [0.5, 0.6) is 5.75 Å². The van der Waals surface area contributed by atoms with Gasteiger partial charge < -0.3 is 9.84 Å². The number of rotatable bonds is 4. The number of carboxylic acids is 1. The van der Waals surface area contributed by atoms with Gasteiger partial charge in [-0.2, -0.15) is 13.2 Å². The van der Waals surface area contributed by atoms with Crippen molar-refractivity contribution >= 4 is 21.9 Å². The van der Waals surface area contributed by atoms with Crippen LogP contribution in [0.4, 0.5) is 13.2 Å². The third kappa shape index (κ3) is 3.65. The number of alkyl halides is 3. The molecule has 0 saturated carbocycles. The van der Waals surface area contributed by atoms with Gasteiger partial charge >= 0.3 is 12.1 Å². The van der Waals surface area contributed by atoms with Crippen LogP contribution in [0.1, 0.15) is 31.4 Å². The smallest absolute Gasteiger partial charge is 0.420 e. The van der Waals surface area contributed by atoms with Crippen LogP contribution >= 0.6 is 15.9 Å². The molecule has 0 atom stereocenters. The van der Waals surface area contributed by atoms with Gasteiger partial charge in [0, 0.05) is 15.5 Å². The summed E-state index contributed by atoms with van der Waals surface area (Å²) >= 11 is 3.02. The fourth-order valence-electron chi connectivity index (χ4n) is 2.00. The number of methoxy groups -OCH3 is 1. The minimum atomic E-state index is -4.58. The topological polar surface area (TPSA) is 46.5 Å². The molecular formula is C13H14BrF3O3. The predicted molar refractivity (Wildman–Crippen MR) is 71.0 cm³/mol. The molecule has 0 bridgehead atoms. The molecule has 1 N–H and O–H groups in total. The van der Waals surface area contributed by atoms with Gasteiger partial charge in [-0.3, -0.25) is 4.79 Å². The van der Waals surface area contributed by atoms with Gasteiger partial charge in [0.2, 0.25) is 0 Å². The molecule has 0 unspecified atom stereocenters. The highest BCUT2D eigenvalue weighted by Gasteiger charge is 2.38. The van der Waals surface area contributed by atoms with Gasteiger partial charge in [0.1, 0.15) is 5.75 Å². The zero-order valence-electron chi connectivity index (χ0n) is 11.1. The first-order valence-electron chi connectivity index (χ1n) is 5.66. The maximum atomic E-state index is 13.0. The lowest BCUT2D eigenvalue weighted by atomic mass is 9.80. The minimum Gasteiger partial charge on any atom is -0.496 e. The largest absolute Gasteiger partial charge is 0.496 e. The van der Waals surface area contributed by atoms with Gasteiger partial charge in [0.25, 0.3) is 0 Å². The first-order valence-corrected chi connectivity index (χ1v) is 6.45. The van der Waals surface area contributed by atoms with E-state index in [9.17, 15) is 18.0 Å². The fourth-order valence-corrected chi connectivity index (χ4v) is 2.46. The molecule has 112 valence electrons. The summed E-state index contributed by atoms with van der Waals surface area (Å²) in [6, 6.07) is 2.37. The van der Waals surface area contributed by atoms with E-state index in [-0.39, 0.29) is 22.2 Å². The molecule has 1 rings (SSSR count). The normalized spacial score (nSPS) is 12.3. The molecule has 0 aromatic heterocycles. The summed E-state index contributed by atoms with van der Waals surface area (Å²) < 4.78 is 44.2. The summed E-state index contributed by atoms with van der Waals surface area (Å²) in [5, 5.41) is 8.90. The van der Waals surface area contributed by atoms with E-state index in [1.807, 2.05) is 0 Å². The molecule has 0 fully saturated rings. The highest BCUT2D eigenvalue weighted by molar-refractivity contribution is 9.10. The maximum absolute atomic E-state index is 13.0. The number of benzene rings is 1. The van der Waals surface area contributed by atoms with E-state index in [1.165, 1.54) is 6.07 Å². The Morgan fingerprint density at radius 3 is 2.20 bits per heavy atom. The van der Waals surface area contributed by atoms with Crippen LogP contribution < -0.4 is 4.74 Å². The Labute approximate surface area is 122 Å². The zero-order chi connectivity index (χ0) is 15.7. The van der Waals surface area contributed by atoms with Crippen molar-refractivity contribution < 1.29 is 27.8 Å². The lowest BCUT2D eigenvalue weighted by Gasteiger charge is -2.27. The predicted octanol–water partition coefficient (Wildman–Crippen LogP) is 4.23. The summed E-state index contributed by atoms with van der Waals surface area (Å²) in [5.74, 6) is -1.43. The first kappa shape index (κ1) is 16.8. The van der Waals surface area contributed by atoms with E-state index < -0.39 is 23.1 Å². The van der Waals surface area contributed by atoms with Crippen LogP contribution in [-0.4, -0.2) is 18.2 Å². The summed E-state index contributed by atoms with van der Waals surface area (Å²) in [4.78, 5) is 10.9. The quantitative estimate of drug-likeness (QED) is 0.879. The fraction of sp³-hybridized carbons (Fsp3) is 0.462. The second-order valence-corrected chi connectivity index (χ2v) is 5.90. The molecule has 3 nitrogen and oxygen atoms in total. The number of hydrogen-bond acceptors (Lipinski definition) is 2. The molecule has 0 aliphatic heterocycles. The standard InChI is InChI=1S/C13H14BrF3O3/c1-12(2,6-10(18)19)8-4-7(14)5-9(11(8)20-3)13(15,16)17/h4-5H,6H2,1-3H3,(H,18,19). The third-order valence-electron chi connectivity index (χ3n) is 2.89. The average molecular weight is 355 g/mol. The van der Waals surface area contributed by atoms with Gasteiger partial charge in [-0.05, 0) is 12.1 Å². The average Bonchev–Trinajstić information content (AvgIpc) is 2.24. The molecule has 1 aromatic rings. The van der Waals surface area contributed by atoms with Crippen LogP contribution in [0.15, 0.2) is 16.6 Å². The van der Waals surface area contributed by atoms with Gasteiger partial charge in [-0.1, -0.05) is 29.8 Å². The van der Waals surface area contributed by atoms with Crippen LogP contribution in [0.3, 0.4) is 0 Å². The van der Waals surface area contributed by atoms with Crippen molar-refractivity contribution in [2.24, 2.45) is 0 Å². The van der Waals surface area contributed by atoms with Crippen LogP contribution in [-0.2, 0) is 16.4 Å². The van der Waals surface area contributed by atoms with E-state index in [0.29, 0.717) is 0 Å². The first-order chi connectivity index (χ1) is 8.99. The van der Waals surface area contributed by atoms with E-state index in [2.05, 4.69) is 15.9 Å². The second-order valence-electron chi connectivity index (χ2n) is 4.99. The maximum Gasteiger partial charge on any atom is 0.420 e. The molecule has 0 aliphatic rings. The van der Waals surface area contributed by atoms with E-state index in [0.717, 1.165) is 13.2 Å². The number of ether oxygens (including phenoxy) is 1. The van der Waals surface area contributed by atoms with Crippen LogP contribution in [0.25, 0.3) is 0 Å². The zero-order valence-corrected chi connectivity index (χ0v) is 12.7. The monoisotopic (exact) mass is 354 g/mol. The molecule has 0 saturated heterocycles. The molecule has 1 aromatic carbocycles. The summed E-state index contributed by atoms with van der Waals surface area (Å²) in [6.07, 6.45) is -4.89. The van der Waals surface area contributed by atoms with Crippen molar-refractivity contribution in [3.05, 3.63) is 27.7 Å². The number of aliphatic carboxylic acids is 1. The van der Waals surface area contributed by atoms with E-state index in [4.69, 9.17) is 9.84 Å². The Bertz CT molecular complexity index is 524. The van der Waals surface area contributed by atoms with Crippen molar-refractivity contribution in [3.63, 3.8) is 0 Å². The second kappa shape index (κ2) is 5.63. The third-order valence-corrected chi connectivity index (χ3v) is 3.34. The number of hydrogen-bond donors (Lipinski definition) is 1. The van der Waals surface area contributed by atoms with Crippen LogP contribution in [0, 0.1) is 0 Å². The Balaban J connectivity index is 3.54. The summed E-state index contributed by atoms with van der Waals surface area (Å²) in [7, 11) is 1.14. The van der Waals surface area contributed by atoms with Crippen molar-refractivity contribution in [3.8, 4) is 5.75 Å². The molecule has 0 spiro atoms. The summed E-state index contributed by atoms with van der Waals surface area (Å²) in [5.41, 5.74) is -1.73. The lowest BCUT2D eigenvalue weighted by molar-refractivity contribution is -0.139. The van der Waals surface area contributed by atoms with Crippen molar-refractivity contribution in [2.75, 3.05) is 7.11 Å². The minimum absolute atomic E-state index is 0.198. The molecule has 0 heterocycles. The van der Waals surface area contributed by atoms with Gasteiger partial charge in [-0.15, -0.1) is 0 Å². The van der Waals surface area contributed by atoms with Gasteiger partial charge in [0.15, 0.2) is 0 Å². The highest BCUT2D eigenvalue weighted by atomic mass is 79.9. The summed E-state index contributed by atoms with van der Waals surface area (Å²) in [6.45, 7) is 3.12. The van der Waals surface area contributed by atoms with E-state index in [1.54, 1.807) is 13.8 Å². The molecule has 0 radical (unpaired) electrons. The number of halogens is 4. The van der Waals surface area contributed by atoms with Crippen molar-refractivity contribution in [1.29, 1.82) is 0 Å². The van der Waals surface area contributed by atoms with Crippen LogP contribution in [0.2, 0.25) is 0 Å². The SMILES string of the molecule is COc1c(C(F)(F)F)cc(Br)cc1C(C)(C)CC(=O)O.